The maximum absolute atomic E-state index is 9.14. The summed E-state index contributed by atoms with van der Waals surface area (Å²) >= 11 is 0. The number of phenolic OH excluding ortho intramolecular Hbond substituents is 1. The van der Waals surface area contributed by atoms with Crippen LogP contribution < -0.4 is 5.73 Å². The maximum atomic E-state index is 9.14. The predicted octanol–water partition coefficient (Wildman–Crippen LogP) is 1.21. The normalized spacial score (nSPS) is 28.5. The first-order chi connectivity index (χ1) is 5.27. The van der Waals surface area contributed by atoms with E-state index < -0.39 is 0 Å². The van der Waals surface area contributed by atoms with Crippen LogP contribution in [0.1, 0.15) is 17.9 Å². The lowest BCUT2D eigenvalue weighted by atomic mass is 10.1. The Morgan fingerprint density at radius 3 is 2.73 bits per heavy atom. The highest BCUT2D eigenvalue weighted by Gasteiger charge is 2.34. The molecule has 0 heterocycles. The van der Waals surface area contributed by atoms with Crippen molar-refractivity contribution in [3.05, 3.63) is 29.8 Å². The van der Waals surface area contributed by atoms with Gasteiger partial charge in [0.25, 0.3) is 0 Å². The van der Waals surface area contributed by atoms with Crippen molar-refractivity contribution in [3.8, 4) is 5.75 Å². The third-order valence-electron chi connectivity index (χ3n) is 2.14. The first-order valence-electron chi connectivity index (χ1n) is 3.82. The molecule has 2 rings (SSSR count). The summed E-state index contributed by atoms with van der Waals surface area (Å²) in [5.41, 5.74) is 6.83. The number of aromatic hydroxyl groups is 1. The van der Waals surface area contributed by atoms with Crippen molar-refractivity contribution in [2.45, 2.75) is 18.4 Å². The van der Waals surface area contributed by atoms with Crippen LogP contribution in [0, 0.1) is 0 Å². The summed E-state index contributed by atoms with van der Waals surface area (Å²) < 4.78 is 0. The van der Waals surface area contributed by atoms with Crippen LogP contribution in [0.15, 0.2) is 24.3 Å². The smallest absolute Gasteiger partial charge is 0.115 e. The summed E-state index contributed by atoms with van der Waals surface area (Å²) in [5.74, 6) is 0.823. The molecular formula is C9H11NO. The van der Waals surface area contributed by atoms with E-state index in [0.29, 0.717) is 17.7 Å². The third-order valence-corrected chi connectivity index (χ3v) is 2.14. The van der Waals surface area contributed by atoms with Crippen molar-refractivity contribution < 1.29 is 5.11 Å². The molecule has 0 saturated heterocycles. The Balaban J connectivity index is 2.25. The Morgan fingerprint density at radius 2 is 2.18 bits per heavy atom. The molecule has 1 aromatic rings. The zero-order chi connectivity index (χ0) is 7.84. The van der Waals surface area contributed by atoms with Crippen molar-refractivity contribution in [2.24, 2.45) is 5.73 Å². The second-order valence-corrected chi connectivity index (χ2v) is 3.10. The van der Waals surface area contributed by atoms with Gasteiger partial charge in [0.2, 0.25) is 0 Å². The second-order valence-electron chi connectivity index (χ2n) is 3.10. The first kappa shape index (κ1) is 6.68. The lowest BCUT2D eigenvalue weighted by Gasteiger charge is -1.97. The topological polar surface area (TPSA) is 46.2 Å². The van der Waals surface area contributed by atoms with E-state index in [2.05, 4.69) is 0 Å². The molecule has 0 unspecified atom stereocenters. The van der Waals surface area contributed by atoms with E-state index in [0.717, 1.165) is 12.0 Å². The van der Waals surface area contributed by atoms with Crippen molar-refractivity contribution in [2.75, 3.05) is 0 Å². The molecule has 1 saturated carbocycles. The zero-order valence-electron chi connectivity index (χ0n) is 6.20. The molecule has 1 aromatic carbocycles. The Labute approximate surface area is 65.7 Å². The summed E-state index contributed by atoms with van der Waals surface area (Å²) in [4.78, 5) is 0. The molecule has 0 bridgehead atoms. The minimum absolute atomic E-state index is 0.316. The van der Waals surface area contributed by atoms with Gasteiger partial charge in [-0.3, -0.25) is 0 Å². The van der Waals surface area contributed by atoms with E-state index >= 15 is 0 Å². The summed E-state index contributed by atoms with van der Waals surface area (Å²) in [6, 6.07) is 7.65. The highest BCUT2D eigenvalue weighted by molar-refractivity contribution is 5.34. The van der Waals surface area contributed by atoms with Crippen molar-refractivity contribution in [1.82, 2.24) is 0 Å². The molecule has 3 N–H and O–H groups in total. The monoisotopic (exact) mass is 149 g/mol. The van der Waals surface area contributed by atoms with Gasteiger partial charge >= 0.3 is 0 Å². The largest absolute Gasteiger partial charge is 0.508 e. The van der Waals surface area contributed by atoms with Gasteiger partial charge in [-0.05, 0) is 24.1 Å². The van der Waals surface area contributed by atoms with E-state index in [1.807, 2.05) is 12.1 Å². The molecule has 2 heteroatoms. The van der Waals surface area contributed by atoms with Crippen molar-refractivity contribution in [1.29, 1.82) is 0 Å². The van der Waals surface area contributed by atoms with Gasteiger partial charge in [-0.25, -0.2) is 0 Å². The molecule has 58 valence electrons. The van der Waals surface area contributed by atoms with E-state index in [-0.39, 0.29) is 0 Å². The van der Waals surface area contributed by atoms with Crippen LogP contribution in [-0.4, -0.2) is 11.1 Å². The van der Waals surface area contributed by atoms with Crippen LogP contribution in [0.2, 0.25) is 0 Å². The molecule has 1 aliphatic rings. The van der Waals surface area contributed by atoms with E-state index in [9.17, 15) is 0 Å². The number of benzene rings is 1. The van der Waals surface area contributed by atoms with Crippen LogP contribution in [0.25, 0.3) is 0 Å². The maximum Gasteiger partial charge on any atom is 0.115 e. The minimum atomic E-state index is 0.316. The Hall–Kier alpha value is -1.02. The minimum Gasteiger partial charge on any atom is -0.508 e. The van der Waals surface area contributed by atoms with Gasteiger partial charge in [-0.1, -0.05) is 12.1 Å². The number of hydrogen-bond donors (Lipinski definition) is 2. The Kier molecular flexibility index (Phi) is 1.36. The lowest BCUT2D eigenvalue weighted by molar-refractivity contribution is 0.474. The highest BCUT2D eigenvalue weighted by atomic mass is 16.3. The Bertz CT molecular complexity index is 272. The fraction of sp³-hybridized carbons (Fsp3) is 0.333. The van der Waals surface area contributed by atoms with Crippen LogP contribution in [0.5, 0.6) is 5.75 Å². The molecule has 2 atom stereocenters. The van der Waals surface area contributed by atoms with Crippen molar-refractivity contribution in [3.63, 3.8) is 0 Å². The summed E-state index contributed by atoms with van der Waals surface area (Å²) in [6.07, 6.45) is 1.06. The summed E-state index contributed by atoms with van der Waals surface area (Å²) in [6.45, 7) is 0. The Morgan fingerprint density at radius 1 is 1.45 bits per heavy atom. The second kappa shape index (κ2) is 2.24. The lowest BCUT2D eigenvalue weighted by Crippen LogP contribution is -2.00. The molecule has 2 nitrogen and oxygen atoms in total. The van der Waals surface area contributed by atoms with Gasteiger partial charge in [0.05, 0.1) is 0 Å². The summed E-state index contributed by atoms with van der Waals surface area (Å²) in [7, 11) is 0. The van der Waals surface area contributed by atoms with E-state index in [1.165, 1.54) is 0 Å². The fourth-order valence-electron chi connectivity index (χ4n) is 1.35. The zero-order valence-corrected chi connectivity index (χ0v) is 6.20. The molecule has 11 heavy (non-hydrogen) atoms. The van der Waals surface area contributed by atoms with Crippen molar-refractivity contribution >= 4 is 0 Å². The fourth-order valence-corrected chi connectivity index (χ4v) is 1.35. The molecule has 0 spiro atoms. The third kappa shape index (κ3) is 1.21. The standard InChI is InChI=1S/C9H11NO/c10-9-5-8(9)6-2-1-3-7(11)4-6/h1-4,8-9,11H,5,10H2/t8-,9+/m0/s1. The van der Waals surface area contributed by atoms with Crippen LogP contribution in [0.4, 0.5) is 0 Å². The van der Waals surface area contributed by atoms with Crippen LogP contribution in [-0.2, 0) is 0 Å². The van der Waals surface area contributed by atoms with Crippen LogP contribution in [0.3, 0.4) is 0 Å². The van der Waals surface area contributed by atoms with Gasteiger partial charge in [-0.2, -0.15) is 0 Å². The number of hydrogen-bond acceptors (Lipinski definition) is 2. The van der Waals surface area contributed by atoms with Crippen LogP contribution >= 0.6 is 0 Å². The number of phenols is 1. The van der Waals surface area contributed by atoms with Gasteiger partial charge < -0.3 is 10.8 Å². The number of rotatable bonds is 1. The van der Waals surface area contributed by atoms with Gasteiger partial charge in [0.1, 0.15) is 5.75 Å². The van der Waals surface area contributed by atoms with E-state index in [4.69, 9.17) is 10.8 Å². The van der Waals surface area contributed by atoms with Gasteiger partial charge in [0.15, 0.2) is 0 Å². The van der Waals surface area contributed by atoms with Gasteiger partial charge in [-0.15, -0.1) is 0 Å². The summed E-state index contributed by atoms with van der Waals surface area (Å²) in [5, 5.41) is 9.14. The molecule has 1 fully saturated rings. The van der Waals surface area contributed by atoms with E-state index in [1.54, 1.807) is 12.1 Å². The molecule has 0 aliphatic heterocycles. The average Bonchev–Trinajstić information content (AvgIpc) is 2.67. The first-order valence-corrected chi connectivity index (χ1v) is 3.82. The molecular weight excluding hydrogens is 138 g/mol. The quantitative estimate of drug-likeness (QED) is 0.630. The predicted molar refractivity (Wildman–Crippen MR) is 43.4 cm³/mol. The van der Waals surface area contributed by atoms with Gasteiger partial charge in [0, 0.05) is 12.0 Å². The molecule has 0 aromatic heterocycles. The SMILES string of the molecule is N[C@@H]1C[C@H]1c1cccc(O)c1. The highest BCUT2D eigenvalue weighted by Crippen LogP contribution is 2.39. The molecule has 0 radical (unpaired) electrons. The average molecular weight is 149 g/mol. The molecule has 1 aliphatic carbocycles. The molecule has 0 amide bonds. The number of nitrogens with two attached hydrogens (primary N) is 1.